The molecule has 13 nitrogen and oxygen atoms in total. The molecule has 1 unspecified atom stereocenters. The average Bonchev–Trinajstić information content (AvgIpc) is 3.55. The first-order chi connectivity index (χ1) is 27.6. The highest BCUT2D eigenvalue weighted by Gasteiger charge is 2.46. The smallest absolute Gasteiger partial charge is 0.269 e. The van der Waals surface area contributed by atoms with E-state index in [9.17, 15) is 19.2 Å². The molecule has 1 aliphatic carbocycles. The molecule has 15 heteroatoms. The third-order valence-electron chi connectivity index (χ3n) is 12.6. The molecule has 4 aliphatic heterocycles. The van der Waals surface area contributed by atoms with E-state index in [1.165, 1.54) is 9.80 Å². The van der Waals surface area contributed by atoms with Gasteiger partial charge in [-0.2, -0.15) is 5.26 Å². The van der Waals surface area contributed by atoms with Crippen molar-refractivity contribution in [3.63, 3.8) is 0 Å². The Bertz CT molecular complexity index is 2090. The van der Waals surface area contributed by atoms with Gasteiger partial charge in [0, 0.05) is 49.3 Å². The van der Waals surface area contributed by atoms with E-state index in [1.807, 2.05) is 6.07 Å². The van der Waals surface area contributed by atoms with E-state index in [0.29, 0.717) is 64.6 Å². The normalized spacial score (nSPS) is 23.8. The van der Waals surface area contributed by atoms with Crippen molar-refractivity contribution >= 4 is 41.0 Å². The van der Waals surface area contributed by atoms with Crippen LogP contribution in [0.5, 0.6) is 5.75 Å². The van der Waals surface area contributed by atoms with Crippen LogP contribution in [-0.4, -0.2) is 99.4 Å². The average molecular weight is 797 g/mol. The Morgan fingerprint density at radius 1 is 0.930 bits per heavy atom. The van der Waals surface area contributed by atoms with Crippen LogP contribution in [-0.2, 0) is 16.1 Å². The van der Waals surface area contributed by atoms with Crippen LogP contribution in [0, 0.1) is 23.1 Å². The van der Waals surface area contributed by atoms with E-state index in [0.717, 1.165) is 64.2 Å². The van der Waals surface area contributed by atoms with E-state index in [-0.39, 0.29) is 66.7 Å². The minimum atomic E-state index is -0.828. The van der Waals surface area contributed by atoms with Gasteiger partial charge in [0.05, 0.1) is 23.2 Å². The topological polar surface area (TPSA) is 166 Å². The summed E-state index contributed by atoms with van der Waals surface area (Å²) in [4.78, 5) is 59.7. The lowest BCUT2D eigenvalue weighted by molar-refractivity contribution is -0.156. The molecule has 8 rings (SSSR count). The lowest BCUT2D eigenvalue weighted by Crippen LogP contribution is -2.58. The molecule has 3 saturated heterocycles. The van der Waals surface area contributed by atoms with Gasteiger partial charge in [0.1, 0.15) is 23.7 Å². The van der Waals surface area contributed by atoms with Gasteiger partial charge in [-0.05, 0) is 119 Å². The highest BCUT2D eigenvalue weighted by atomic mass is 35.5. The second-order valence-electron chi connectivity index (χ2n) is 16.0. The number of nitriles is 1. The van der Waals surface area contributed by atoms with Crippen molar-refractivity contribution in [1.82, 2.24) is 24.9 Å². The molecule has 3 aromatic rings. The van der Waals surface area contributed by atoms with Crippen LogP contribution >= 0.6 is 11.6 Å². The zero-order chi connectivity index (χ0) is 39.8. The number of piperidine rings is 3. The van der Waals surface area contributed by atoms with Crippen LogP contribution in [0.15, 0.2) is 42.5 Å². The number of carbonyl (C=O) groups excluding carboxylic acids is 4. The Balaban J connectivity index is 0.835. The monoisotopic (exact) mass is 796 g/mol. The Labute approximate surface area is 335 Å². The maximum Gasteiger partial charge on any atom is 0.269 e. The third-order valence-corrected chi connectivity index (χ3v) is 13.0. The van der Waals surface area contributed by atoms with Crippen molar-refractivity contribution in [1.29, 1.82) is 5.26 Å². The summed E-state index contributed by atoms with van der Waals surface area (Å²) in [5.41, 5.74) is 7.09. The highest BCUT2D eigenvalue weighted by molar-refractivity contribution is 6.31. The fourth-order valence-electron chi connectivity index (χ4n) is 9.45. The van der Waals surface area contributed by atoms with Crippen LogP contribution in [0.25, 0.3) is 0 Å². The quantitative estimate of drug-likeness (QED) is 0.285. The number of carbonyl (C=O) groups is 4. The van der Waals surface area contributed by atoms with E-state index in [4.69, 9.17) is 27.3 Å². The highest BCUT2D eigenvalue weighted by Crippen LogP contribution is 2.38. The number of hydrogen-bond acceptors (Lipinski definition) is 10. The van der Waals surface area contributed by atoms with Gasteiger partial charge in [-0.3, -0.25) is 24.1 Å². The van der Waals surface area contributed by atoms with E-state index >= 15 is 4.39 Å². The zero-order valence-electron chi connectivity index (χ0n) is 31.7. The van der Waals surface area contributed by atoms with Crippen molar-refractivity contribution < 1.29 is 28.3 Å². The maximum atomic E-state index is 16.3. The molecule has 298 valence electrons. The van der Waals surface area contributed by atoms with E-state index in [2.05, 4.69) is 20.0 Å². The first kappa shape index (κ1) is 38.7. The van der Waals surface area contributed by atoms with Gasteiger partial charge in [-0.25, -0.2) is 4.39 Å². The van der Waals surface area contributed by atoms with Gasteiger partial charge in [0.2, 0.25) is 5.91 Å². The molecule has 1 aromatic heterocycles. The second kappa shape index (κ2) is 16.4. The Kier molecular flexibility index (Phi) is 11.1. The zero-order valence-corrected chi connectivity index (χ0v) is 32.5. The number of imide groups is 1. The summed E-state index contributed by atoms with van der Waals surface area (Å²) in [5.74, 6) is -0.0381. The lowest BCUT2D eigenvalue weighted by Gasteiger charge is -2.41. The largest absolute Gasteiger partial charge is 0.490 e. The van der Waals surface area contributed by atoms with Gasteiger partial charge in [0.15, 0.2) is 11.5 Å². The number of nitrogens with two attached hydrogens (primary N) is 1. The Morgan fingerprint density at radius 3 is 2.35 bits per heavy atom. The summed E-state index contributed by atoms with van der Waals surface area (Å²) in [6, 6.07) is 12.7. The van der Waals surface area contributed by atoms with Crippen LogP contribution < -0.4 is 15.4 Å². The van der Waals surface area contributed by atoms with Crippen molar-refractivity contribution in [3.8, 4) is 11.8 Å². The van der Waals surface area contributed by atoms with Crippen molar-refractivity contribution in [2.75, 3.05) is 37.6 Å². The summed E-state index contributed by atoms with van der Waals surface area (Å²) < 4.78 is 22.5. The van der Waals surface area contributed by atoms with Crippen molar-refractivity contribution in [2.24, 2.45) is 11.7 Å². The number of primary amides is 1. The molecule has 1 saturated carbocycles. The van der Waals surface area contributed by atoms with Gasteiger partial charge in [-0.15, -0.1) is 10.2 Å². The second-order valence-corrected chi connectivity index (χ2v) is 16.4. The maximum absolute atomic E-state index is 16.3. The molecular formula is C42H46ClFN8O5. The van der Waals surface area contributed by atoms with E-state index in [1.54, 1.807) is 42.5 Å². The summed E-state index contributed by atoms with van der Waals surface area (Å²) in [6.07, 6.45) is 6.29. The Hall–Kier alpha value is -5.13. The SMILES string of the molecule is N#Cc1ccc(OC2CCC(N3C(=O)CCC(N4Cc5c(ccc(C6CCN(CC7CCN(c8ccc(C(N)=O)nn8)CC7)CC6)c5F)C4=O)C3=O)CC2)cc1Cl. The molecule has 0 radical (unpaired) electrons. The number of ether oxygens (including phenoxy) is 1. The number of amides is 4. The molecule has 57 heavy (non-hydrogen) atoms. The summed E-state index contributed by atoms with van der Waals surface area (Å²) in [6.45, 7) is 4.45. The Morgan fingerprint density at radius 2 is 1.68 bits per heavy atom. The predicted octanol–water partition coefficient (Wildman–Crippen LogP) is 5.20. The number of aromatic nitrogens is 2. The molecule has 5 heterocycles. The number of halogens is 2. The fraction of sp³-hybridized carbons (Fsp3) is 0.500. The number of likely N-dealkylation sites (tertiary alicyclic amines) is 2. The van der Waals surface area contributed by atoms with Crippen LogP contribution in [0.3, 0.4) is 0 Å². The third kappa shape index (κ3) is 7.92. The van der Waals surface area contributed by atoms with Gasteiger partial charge < -0.3 is 25.2 Å². The molecule has 2 aromatic carbocycles. The molecular weight excluding hydrogens is 751 g/mol. The van der Waals surface area contributed by atoms with Crippen LogP contribution in [0.1, 0.15) is 108 Å². The molecule has 1 atom stereocenters. The molecule has 5 aliphatic rings. The van der Waals surface area contributed by atoms with Crippen molar-refractivity contribution in [2.45, 2.75) is 94.9 Å². The minimum absolute atomic E-state index is 0.0123. The van der Waals surface area contributed by atoms with E-state index < -0.39 is 11.9 Å². The summed E-state index contributed by atoms with van der Waals surface area (Å²) in [5, 5.41) is 17.6. The molecule has 4 amide bonds. The summed E-state index contributed by atoms with van der Waals surface area (Å²) >= 11 is 6.17. The molecule has 4 fully saturated rings. The fourth-order valence-corrected chi connectivity index (χ4v) is 9.67. The number of benzene rings is 2. The molecule has 2 N–H and O–H groups in total. The first-order valence-electron chi connectivity index (χ1n) is 20.0. The van der Waals surface area contributed by atoms with Gasteiger partial charge >= 0.3 is 0 Å². The number of hydrogen-bond donors (Lipinski definition) is 1. The number of nitrogens with zero attached hydrogens (tertiary/aromatic N) is 7. The number of anilines is 1. The van der Waals surface area contributed by atoms with Crippen LogP contribution in [0.2, 0.25) is 5.02 Å². The van der Waals surface area contributed by atoms with Gasteiger partial charge in [0.25, 0.3) is 17.7 Å². The lowest BCUT2D eigenvalue weighted by atomic mass is 9.86. The standard InChI is InChI=1S/C42H46ClFN8O5/c43-34-21-30(4-1-27(34)22-45)57-29-5-2-28(3-6-29)52-38(53)12-10-36(42(52)56)51-24-33-32(41(51)55)8-7-31(39(33)44)26-15-17-49(18-16-26)23-25-13-19-50(20-14-25)37-11-9-35(40(46)54)47-48-37/h1,4,7-9,11,21,25-26,28-29,36H,2-3,5-6,10,12-20,23-24H2,(H2,46,54). The molecule has 0 spiro atoms. The molecule has 0 bridgehead atoms. The minimum Gasteiger partial charge on any atom is -0.490 e. The number of fused-ring (bicyclic) bond motifs is 1. The first-order valence-corrected chi connectivity index (χ1v) is 20.4. The van der Waals surface area contributed by atoms with Crippen molar-refractivity contribution in [3.05, 3.63) is 81.3 Å². The van der Waals surface area contributed by atoms with Crippen LogP contribution in [0.4, 0.5) is 10.2 Å². The van der Waals surface area contributed by atoms with Gasteiger partial charge in [-0.1, -0.05) is 17.7 Å². The summed E-state index contributed by atoms with van der Waals surface area (Å²) in [7, 11) is 0. The number of rotatable bonds is 9. The predicted molar refractivity (Wildman–Crippen MR) is 208 cm³/mol.